The van der Waals surface area contributed by atoms with Crippen molar-refractivity contribution in [2.75, 3.05) is 0 Å². The molecule has 0 radical (unpaired) electrons. The van der Waals surface area contributed by atoms with Gasteiger partial charge in [0.2, 0.25) is 0 Å². The van der Waals surface area contributed by atoms with Gasteiger partial charge in [0.05, 0.1) is 0 Å². The fraction of sp³-hybridized carbons (Fsp3) is 0.647. The summed E-state index contributed by atoms with van der Waals surface area (Å²) in [4.78, 5) is 0. The van der Waals surface area contributed by atoms with Crippen LogP contribution in [-0.2, 0) is 0 Å². The van der Waals surface area contributed by atoms with E-state index in [1.807, 2.05) is 0 Å². The summed E-state index contributed by atoms with van der Waals surface area (Å²) in [5.74, 6) is 0. The van der Waals surface area contributed by atoms with Gasteiger partial charge in [-0.3, -0.25) is 0 Å². The van der Waals surface area contributed by atoms with E-state index in [0.717, 1.165) is 0 Å². The molecule has 37 heavy (non-hydrogen) atoms. The van der Waals surface area contributed by atoms with Crippen LogP contribution in [0.1, 0.15) is 83.1 Å². The maximum atomic E-state index is 2.52. The third-order valence-corrected chi connectivity index (χ3v) is 42.4. The first kappa shape index (κ1) is 37.1. The first-order valence-electron chi connectivity index (χ1n) is 14.3. The minimum absolute atomic E-state index is 0.334. The molecule has 0 N–H and O–H groups in total. The van der Waals surface area contributed by atoms with Gasteiger partial charge in [-0.1, -0.05) is 0 Å². The van der Waals surface area contributed by atoms with Crippen LogP contribution in [0.5, 0.6) is 0 Å². The standard InChI is InChI=1S/C17H22As.C10H24As.C7H18As/c1-17(2,3)18(4,15-11-7-5-8-12-15)16-13-9-6-10-14-16;1-7-11(8-2,9-3)10(4,5)6;1-7(2,3)8(4,5)6/h5-14H,1-4H3;7-9H2,1-6H3;1-6H3/q3*+1. The van der Waals surface area contributed by atoms with Gasteiger partial charge in [0, 0.05) is 0 Å². The van der Waals surface area contributed by atoms with Gasteiger partial charge in [0.1, 0.15) is 0 Å². The summed E-state index contributed by atoms with van der Waals surface area (Å²) in [5.41, 5.74) is 9.84. The third-order valence-electron chi connectivity index (χ3n) is 9.14. The van der Waals surface area contributed by atoms with Crippen molar-refractivity contribution in [2.45, 2.75) is 134 Å². The molecule has 0 bridgehead atoms. The van der Waals surface area contributed by atoms with E-state index < -0.39 is 40.7 Å². The quantitative estimate of drug-likeness (QED) is 0.273. The van der Waals surface area contributed by atoms with Crippen molar-refractivity contribution < 1.29 is 0 Å². The van der Waals surface area contributed by atoms with Gasteiger partial charge in [0.15, 0.2) is 0 Å². The van der Waals surface area contributed by atoms with Gasteiger partial charge in [-0.05, 0) is 0 Å². The van der Waals surface area contributed by atoms with Crippen LogP contribution < -0.4 is 8.70 Å². The van der Waals surface area contributed by atoms with Crippen LogP contribution in [0.3, 0.4) is 0 Å². The molecule has 2 aromatic carbocycles. The van der Waals surface area contributed by atoms with Crippen LogP contribution in [0.4, 0.5) is 0 Å². The van der Waals surface area contributed by atoms with Crippen molar-refractivity contribution in [3.05, 3.63) is 60.7 Å². The molecular formula is C34H64As3+3. The molecule has 0 aliphatic rings. The van der Waals surface area contributed by atoms with E-state index in [9.17, 15) is 0 Å². The summed E-state index contributed by atoms with van der Waals surface area (Å²) in [6.45, 7) is 28.7. The van der Waals surface area contributed by atoms with Crippen molar-refractivity contribution in [1.29, 1.82) is 0 Å². The first-order valence-corrected chi connectivity index (χ1v) is 30.5. The van der Waals surface area contributed by atoms with E-state index in [1.54, 1.807) is 8.70 Å². The molecule has 0 saturated carbocycles. The molecule has 2 aromatic rings. The Morgan fingerprint density at radius 1 is 0.459 bits per heavy atom. The molecule has 0 aromatic heterocycles. The van der Waals surface area contributed by atoms with E-state index in [-0.39, 0.29) is 0 Å². The Morgan fingerprint density at radius 2 is 0.730 bits per heavy atom. The zero-order chi connectivity index (χ0) is 29.3. The Balaban J connectivity index is 0.000000585. The Bertz CT molecular complexity index is 809. The van der Waals surface area contributed by atoms with Gasteiger partial charge in [0.25, 0.3) is 0 Å². The Morgan fingerprint density at radius 3 is 0.865 bits per heavy atom. The molecule has 3 heteroatoms. The monoisotopic (exact) mass is 697 g/mol. The molecule has 0 spiro atoms. The van der Waals surface area contributed by atoms with E-state index in [4.69, 9.17) is 0 Å². The van der Waals surface area contributed by atoms with Crippen LogP contribution in [-0.4, -0.2) is 40.7 Å². The third kappa shape index (κ3) is 10.2. The van der Waals surface area contributed by atoms with Crippen LogP contribution in [0.25, 0.3) is 0 Å². The van der Waals surface area contributed by atoms with Crippen molar-refractivity contribution in [2.24, 2.45) is 0 Å². The van der Waals surface area contributed by atoms with Crippen molar-refractivity contribution in [1.82, 2.24) is 0 Å². The zero-order valence-electron chi connectivity index (χ0n) is 27.7. The Kier molecular flexibility index (Phi) is 14.7. The van der Waals surface area contributed by atoms with E-state index >= 15 is 0 Å². The minimum atomic E-state index is -2.11. The molecule has 212 valence electrons. The summed E-state index contributed by atoms with van der Waals surface area (Å²) < 4.78 is 4.68. The average Bonchev–Trinajstić information content (AvgIpc) is 2.79. The second-order valence-corrected chi connectivity index (χ2v) is 46.4. The van der Waals surface area contributed by atoms with Crippen LogP contribution in [0.15, 0.2) is 60.7 Å². The molecule has 0 unspecified atom stereocenters. The number of rotatable bonds is 5. The van der Waals surface area contributed by atoms with Gasteiger partial charge in [-0.25, -0.2) is 0 Å². The molecule has 0 aliphatic heterocycles. The van der Waals surface area contributed by atoms with Gasteiger partial charge in [-0.2, -0.15) is 0 Å². The molecule has 0 heterocycles. The number of benzene rings is 2. The van der Waals surface area contributed by atoms with E-state index in [0.29, 0.717) is 12.6 Å². The second-order valence-electron chi connectivity index (χ2n) is 14.3. The van der Waals surface area contributed by atoms with Crippen LogP contribution >= 0.6 is 0 Å². The second kappa shape index (κ2) is 14.7. The van der Waals surface area contributed by atoms with Crippen molar-refractivity contribution >= 4 is 49.4 Å². The fourth-order valence-electron chi connectivity index (χ4n) is 4.47. The van der Waals surface area contributed by atoms with Crippen molar-refractivity contribution in [3.8, 4) is 0 Å². The summed E-state index contributed by atoms with van der Waals surface area (Å²) in [6.07, 6.45) is 0. The first-order chi connectivity index (χ1) is 16.6. The predicted octanol–water partition coefficient (Wildman–Crippen LogP) is 11.1. The molecular weight excluding hydrogens is 633 g/mol. The van der Waals surface area contributed by atoms with Gasteiger partial charge in [-0.15, -0.1) is 0 Å². The molecule has 0 saturated heterocycles. The van der Waals surface area contributed by atoms with E-state index in [2.05, 4.69) is 167 Å². The van der Waals surface area contributed by atoms with Crippen LogP contribution in [0, 0.1) is 0 Å². The van der Waals surface area contributed by atoms with Crippen molar-refractivity contribution in [3.63, 3.8) is 0 Å². The molecule has 0 fully saturated rings. The SMILES string of the molecule is CC(C)(C)[As+](C)(C)C.CC(C)(C)[As+](C)(c1ccccc1)c1ccccc1.CC[As+](CC)(CC)C(C)(C)C. The summed E-state index contributed by atoms with van der Waals surface area (Å²) in [7, 11) is 0. The van der Waals surface area contributed by atoms with Crippen LogP contribution in [0.2, 0.25) is 51.1 Å². The summed E-state index contributed by atoms with van der Waals surface area (Å²) >= 11 is -4.55. The van der Waals surface area contributed by atoms with Gasteiger partial charge >= 0.3 is 244 Å². The molecule has 0 aliphatic carbocycles. The Labute approximate surface area is 242 Å². The molecule has 0 nitrogen and oxygen atoms in total. The number of hydrogen-bond donors (Lipinski definition) is 0. The zero-order valence-corrected chi connectivity index (χ0v) is 33.4. The van der Waals surface area contributed by atoms with Gasteiger partial charge < -0.3 is 0 Å². The average molecular weight is 698 g/mol. The summed E-state index contributed by atoms with van der Waals surface area (Å²) in [5, 5.41) is 4.44. The summed E-state index contributed by atoms with van der Waals surface area (Å²) in [6, 6.07) is 22.1. The molecule has 0 amide bonds. The molecule has 2 rings (SSSR count). The predicted molar refractivity (Wildman–Crippen MR) is 183 cm³/mol. The normalized spacial score (nSPS) is 13.2. The fourth-order valence-corrected chi connectivity index (χ4v) is 20.4. The van der Waals surface area contributed by atoms with E-state index in [1.165, 1.54) is 15.6 Å². The number of hydrogen-bond acceptors (Lipinski definition) is 0. The molecule has 0 atom stereocenters. The topological polar surface area (TPSA) is 0 Å². The maximum absolute atomic E-state index is 2.52. The Hall–Kier alpha value is 0.115.